The molecule has 2 aliphatic carbocycles. The largest absolute Gasteiger partial charge is 0.507 e. The molecule has 4 nitrogen and oxygen atoms in total. The highest BCUT2D eigenvalue weighted by Crippen LogP contribution is 2.37. The standard InChI is InChI=1S/C19H20N2O2S/c1-2-13-6-5-12(10-20-13)17(22)14-7-8-15-19(18(14)23)24-16(21-15)9-11-3-4-11/h5-6,10-11,22H,2-4,7-9H2,1H3/b17-14-. The fraction of sp³-hybridized carbons (Fsp3) is 0.421. The quantitative estimate of drug-likeness (QED) is 0.671. The number of aliphatic hydroxyl groups excluding tert-OH is 1. The van der Waals surface area contributed by atoms with E-state index < -0.39 is 0 Å². The number of aryl methyl sites for hydroxylation is 2. The molecule has 0 saturated heterocycles. The first-order chi connectivity index (χ1) is 11.7. The number of aromatic nitrogens is 2. The number of ketones is 1. The van der Waals surface area contributed by atoms with Crippen LogP contribution >= 0.6 is 11.3 Å². The van der Waals surface area contributed by atoms with Gasteiger partial charge in [0.15, 0.2) is 0 Å². The second-order valence-electron chi connectivity index (χ2n) is 6.58. The highest BCUT2D eigenvalue weighted by atomic mass is 32.1. The number of pyridine rings is 1. The van der Waals surface area contributed by atoms with E-state index >= 15 is 0 Å². The predicted molar refractivity (Wildman–Crippen MR) is 94.4 cm³/mol. The minimum absolute atomic E-state index is 0.0622. The smallest absolute Gasteiger partial charge is 0.204 e. The molecule has 0 aromatic carbocycles. The van der Waals surface area contributed by atoms with Gasteiger partial charge in [0.05, 0.1) is 15.6 Å². The highest BCUT2D eigenvalue weighted by Gasteiger charge is 2.31. The third kappa shape index (κ3) is 2.88. The summed E-state index contributed by atoms with van der Waals surface area (Å²) in [5.41, 5.74) is 2.99. The lowest BCUT2D eigenvalue weighted by atomic mass is 9.93. The van der Waals surface area contributed by atoms with Gasteiger partial charge in [0.25, 0.3) is 0 Å². The molecule has 5 heteroatoms. The van der Waals surface area contributed by atoms with Crippen LogP contribution in [0.4, 0.5) is 0 Å². The number of aliphatic hydroxyl groups is 1. The lowest BCUT2D eigenvalue weighted by Crippen LogP contribution is -2.14. The van der Waals surface area contributed by atoms with Gasteiger partial charge in [0.2, 0.25) is 5.78 Å². The van der Waals surface area contributed by atoms with Crippen molar-refractivity contribution in [1.82, 2.24) is 9.97 Å². The maximum absolute atomic E-state index is 12.8. The van der Waals surface area contributed by atoms with Crippen molar-refractivity contribution in [2.45, 2.75) is 45.4 Å². The van der Waals surface area contributed by atoms with Gasteiger partial charge < -0.3 is 5.11 Å². The van der Waals surface area contributed by atoms with E-state index in [2.05, 4.69) is 9.97 Å². The molecule has 2 aliphatic rings. The minimum Gasteiger partial charge on any atom is -0.507 e. The van der Waals surface area contributed by atoms with E-state index in [0.29, 0.717) is 17.6 Å². The second kappa shape index (κ2) is 6.13. The van der Waals surface area contributed by atoms with E-state index in [1.54, 1.807) is 6.20 Å². The van der Waals surface area contributed by atoms with Crippen LogP contribution in [0.3, 0.4) is 0 Å². The zero-order valence-electron chi connectivity index (χ0n) is 13.7. The van der Waals surface area contributed by atoms with Gasteiger partial charge >= 0.3 is 0 Å². The number of thiazole rings is 1. The molecule has 0 amide bonds. The highest BCUT2D eigenvalue weighted by molar-refractivity contribution is 7.14. The summed E-state index contributed by atoms with van der Waals surface area (Å²) in [5, 5.41) is 11.6. The third-order valence-electron chi connectivity index (χ3n) is 4.74. The Labute approximate surface area is 145 Å². The Kier molecular flexibility index (Phi) is 3.96. The van der Waals surface area contributed by atoms with Gasteiger partial charge in [-0.3, -0.25) is 9.78 Å². The number of carbonyl (C=O) groups is 1. The molecule has 0 radical (unpaired) electrons. The van der Waals surface area contributed by atoms with E-state index in [1.807, 2.05) is 19.1 Å². The number of rotatable bonds is 4. The SMILES string of the molecule is CCc1ccc(/C(O)=C2\CCc3nc(CC4CC4)sc3C2=O)cn1. The fourth-order valence-corrected chi connectivity index (χ4v) is 4.26. The molecule has 4 rings (SSSR count). The Morgan fingerprint density at radius 3 is 2.83 bits per heavy atom. The van der Waals surface area contributed by atoms with Crippen LogP contribution in [-0.2, 0) is 19.3 Å². The molecular weight excluding hydrogens is 320 g/mol. The topological polar surface area (TPSA) is 63.1 Å². The second-order valence-corrected chi connectivity index (χ2v) is 7.66. The zero-order chi connectivity index (χ0) is 16.7. The molecule has 2 heterocycles. The molecule has 0 spiro atoms. The Bertz CT molecular complexity index is 816. The van der Waals surface area contributed by atoms with Crippen LogP contribution in [0.25, 0.3) is 5.76 Å². The van der Waals surface area contributed by atoms with Gasteiger partial charge in [-0.1, -0.05) is 6.92 Å². The van der Waals surface area contributed by atoms with Crippen molar-refractivity contribution in [3.05, 3.63) is 50.7 Å². The summed E-state index contributed by atoms with van der Waals surface area (Å²) >= 11 is 1.51. The number of nitrogens with zero attached hydrogens (tertiary/aromatic N) is 2. The van der Waals surface area contributed by atoms with E-state index in [-0.39, 0.29) is 11.5 Å². The lowest BCUT2D eigenvalue weighted by molar-refractivity contribution is 0.102. The summed E-state index contributed by atoms with van der Waals surface area (Å²) in [5.74, 6) is 0.769. The van der Waals surface area contributed by atoms with Gasteiger partial charge in [-0.15, -0.1) is 11.3 Å². The summed E-state index contributed by atoms with van der Waals surface area (Å²) in [6.45, 7) is 2.04. The lowest BCUT2D eigenvalue weighted by Gasteiger charge is -2.14. The van der Waals surface area contributed by atoms with Crippen LogP contribution < -0.4 is 0 Å². The van der Waals surface area contributed by atoms with E-state index in [0.717, 1.165) is 46.5 Å². The molecular formula is C19H20N2O2S. The average Bonchev–Trinajstić information content (AvgIpc) is 3.31. The Balaban J connectivity index is 1.63. The van der Waals surface area contributed by atoms with Crippen molar-refractivity contribution in [2.75, 3.05) is 0 Å². The van der Waals surface area contributed by atoms with Crippen molar-refractivity contribution in [3.8, 4) is 0 Å². The van der Waals surface area contributed by atoms with Crippen LogP contribution in [0.5, 0.6) is 0 Å². The summed E-state index contributed by atoms with van der Waals surface area (Å²) < 4.78 is 0. The van der Waals surface area contributed by atoms with Crippen LogP contribution in [0, 0.1) is 5.92 Å². The molecule has 1 fully saturated rings. The fourth-order valence-electron chi connectivity index (χ4n) is 3.07. The van der Waals surface area contributed by atoms with Crippen LogP contribution in [0.1, 0.15) is 57.8 Å². The number of carbonyl (C=O) groups excluding carboxylic acids is 1. The Morgan fingerprint density at radius 1 is 1.33 bits per heavy atom. The van der Waals surface area contributed by atoms with Gasteiger partial charge in [0.1, 0.15) is 5.76 Å². The molecule has 24 heavy (non-hydrogen) atoms. The minimum atomic E-state index is -0.0622. The van der Waals surface area contributed by atoms with Gasteiger partial charge in [-0.05, 0) is 50.2 Å². The molecule has 1 saturated carbocycles. The molecule has 0 unspecified atom stereocenters. The van der Waals surface area contributed by atoms with Gasteiger partial charge in [-0.25, -0.2) is 4.98 Å². The summed E-state index contributed by atoms with van der Waals surface area (Å²) in [6.07, 6.45) is 7.33. The summed E-state index contributed by atoms with van der Waals surface area (Å²) in [7, 11) is 0. The van der Waals surface area contributed by atoms with Crippen molar-refractivity contribution < 1.29 is 9.90 Å². The Hall–Kier alpha value is -2.01. The van der Waals surface area contributed by atoms with Crippen LogP contribution in [-0.4, -0.2) is 20.9 Å². The van der Waals surface area contributed by atoms with Crippen LogP contribution in [0.15, 0.2) is 23.9 Å². The first-order valence-electron chi connectivity index (χ1n) is 8.56. The van der Waals surface area contributed by atoms with E-state index in [9.17, 15) is 9.90 Å². The zero-order valence-corrected chi connectivity index (χ0v) is 14.5. The van der Waals surface area contributed by atoms with E-state index in [1.165, 1.54) is 24.2 Å². The van der Waals surface area contributed by atoms with Crippen molar-refractivity contribution >= 4 is 22.9 Å². The first kappa shape index (κ1) is 15.5. The predicted octanol–water partition coefficient (Wildman–Crippen LogP) is 4.15. The number of hydrogen-bond donors (Lipinski definition) is 1. The number of allylic oxidation sites excluding steroid dienone is 1. The normalized spacial score (nSPS) is 19.3. The van der Waals surface area contributed by atoms with Crippen LogP contribution in [0.2, 0.25) is 0 Å². The molecule has 2 aromatic heterocycles. The van der Waals surface area contributed by atoms with Crippen molar-refractivity contribution in [1.29, 1.82) is 0 Å². The third-order valence-corrected chi connectivity index (χ3v) is 5.86. The van der Waals surface area contributed by atoms with Gasteiger partial charge in [0, 0.05) is 29.4 Å². The number of fused-ring (bicyclic) bond motifs is 1. The maximum Gasteiger partial charge on any atom is 0.204 e. The molecule has 2 aromatic rings. The van der Waals surface area contributed by atoms with E-state index in [4.69, 9.17) is 0 Å². The average molecular weight is 340 g/mol. The van der Waals surface area contributed by atoms with Crippen molar-refractivity contribution in [2.24, 2.45) is 5.92 Å². The van der Waals surface area contributed by atoms with Gasteiger partial charge in [-0.2, -0.15) is 0 Å². The summed E-state index contributed by atoms with van der Waals surface area (Å²) in [4.78, 5) is 22.5. The first-order valence-corrected chi connectivity index (χ1v) is 9.38. The molecule has 0 atom stereocenters. The maximum atomic E-state index is 12.8. The monoisotopic (exact) mass is 340 g/mol. The number of hydrogen-bond acceptors (Lipinski definition) is 5. The molecule has 0 aliphatic heterocycles. The van der Waals surface area contributed by atoms with Crippen molar-refractivity contribution in [3.63, 3.8) is 0 Å². The molecule has 1 N–H and O–H groups in total. The molecule has 0 bridgehead atoms. The summed E-state index contributed by atoms with van der Waals surface area (Å²) in [6, 6.07) is 3.73. The number of Topliss-reactive ketones (excluding diaryl/α,β-unsaturated/α-hetero) is 1. The Morgan fingerprint density at radius 2 is 2.17 bits per heavy atom. The molecule has 124 valence electrons.